The van der Waals surface area contributed by atoms with Gasteiger partial charge in [-0.05, 0) is 30.5 Å². The van der Waals surface area contributed by atoms with Crippen molar-refractivity contribution in [1.29, 1.82) is 0 Å². The molecule has 1 unspecified atom stereocenters. The van der Waals surface area contributed by atoms with E-state index in [9.17, 15) is 0 Å². The zero-order chi connectivity index (χ0) is 10.8. The molecule has 1 atom stereocenters. The molecule has 3 heterocycles. The zero-order valence-electron chi connectivity index (χ0n) is 8.89. The maximum Gasteiger partial charge on any atom is 0.133 e. The molecular weight excluding hydrogens is 218 g/mol. The van der Waals surface area contributed by atoms with Gasteiger partial charge in [-0.2, -0.15) is 0 Å². The van der Waals surface area contributed by atoms with E-state index in [1.54, 1.807) is 11.3 Å². The quantitative estimate of drug-likeness (QED) is 0.861. The van der Waals surface area contributed by atoms with Gasteiger partial charge in [-0.1, -0.05) is 6.07 Å². The van der Waals surface area contributed by atoms with Crippen molar-refractivity contribution in [3.8, 4) is 10.6 Å². The molecule has 0 aliphatic carbocycles. The second-order valence-electron chi connectivity index (χ2n) is 3.97. The van der Waals surface area contributed by atoms with E-state index in [1.165, 1.54) is 4.88 Å². The van der Waals surface area contributed by atoms with Crippen LogP contribution in [0.15, 0.2) is 29.8 Å². The molecule has 1 aliphatic heterocycles. The number of hydrogen-bond donors (Lipinski definition) is 1. The molecule has 0 spiro atoms. The standard InChI is InChI=1S/C12H13N3S/c1-2-11(16-7-1)10-4-6-14-12(15-10)9-3-5-13-8-9/h1-2,4,6-7,9,13H,3,5,8H2. The second kappa shape index (κ2) is 4.31. The molecule has 16 heavy (non-hydrogen) atoms. The summed E-state index contributed by atoms with van der Waals surface area (Å²) in [5, 5.41) is 5.43. The van der Waals surface area contributed by atoms with E-state index in [0.717, 1.165) is 31.0 Å². The second-order valence-corrected chi connectivity index (χ2v) is 4.91. The normalized spacial score (nSPS) is 20.1. The molecule has 1 saturated heterocycles. The highest BCUT2D eigenvalue weighted by Gasteiger charge is 2.19. The summed E-state index contributed by atoms with van der Waals surface area (Å²) in [4.78, 5) is 10.3. The van der Waals surface area contributed by atoms with Crippen LogP contribution in [0.5, 0.6) is 0 Å². The molecule has 0 amide bonds. The summed E-state index contributed by atoms with van der Waals surface area (Å²) in [5.74, 6) is 1.47. The number of rotatable bonds is 2. The van der Waals surface area contributed by atoms with Gasteiger partial charge in [-0.25, -0.2) is 9.97 Å². The van der Waals surface area contributed by atoms with Crippen LogP contribution in [0.4, 0.5) is 0 Å². The molecular formula is C12H13N3S. The Bertz CT molecular complexity index is 461. The highest BCUT2D eigenvalue weighted by atomic mass is 32.1. The van der Waals surface area contributed by atoms with E-state index in [1.807, 2.05) is 12.3 Å². The maximum absolute atomic E-state index is 4.66. The number of hydrogen-bond acceptors (Lipinski definition) is 4. The molecule has 3 nitrogen and oxygen atoms in total. The van der Waals surface area contributed by atoms with Gasteiger partial charge >= 0.3 is 0 Å². The minimum absolute atomic E-state index is 0.486. The predicted octanol–water partition coefficient (Wildman–Crippen LogP) is 2.28. The van der Waals surface area contributed by atoms with Gasteiger partial charge in [0.15, 0.2) is 0 Å². The Kier molecular flexibility index (Phi) is 2.68. The van der Waals surface area contributed by atoms with Crippen molar-refractivity contribution in [1.82, 2.24) is 15.3 Å². The van der Waals surface area contributed by atoms with Gasteiger partial charge in [0.05, 0.1) is 10.6 Å². The first-order chi connectivity index (χ1) is 7.93. The fourth-order valence-electron chi connectivity index (χ4n) is 2.01. The summed E-state index contributed by atoms with van der Waals surface area (Å²) in [6, 6.07) is 6.14. The molecule has 0 saturated carbocycles. The van der Waals surface area contributed by atoms with Crippen LogP contribution in [0.1, 0.15) is 18.2 Å². The van der Waals surface area contributed by atoms with Crippen molar-refractivity contribution >= 4 is 11.3 Å². The van der Waals surface area contributed by atoms with E-state index in [-0.39, 0.29) is 0 Å². The third-order valence-corrected chi connectivity index (χ3v) is 3.77. The van der Waals surface area contributed by atoms with Crippen molar-refractivity contribution in [3.05, 3.63) is 35.6 Å². The molecule has 2 aromatic rings. The fourth-order valence-corrected chi connectivity index (χ4v) is 2.70. The van der Waals surface area contributed by atoms with Gasteiger partial charge in [0.25, 0.3) is 0 Å². The Balaban J connectivity index is 1.93. The van der Waals surface area contributed by atoms with Crippen LogP contribution in [-0.4, -0.2) is 23.1 Å². The summed E-state index contributed by atoms with van der Waals surface area (Å²) in [7, 11) is 0. The fraction of sp³-hybridized carbons (Fsp3) is 0.333. The van der Waals surface area contributed by atoms with E-state index in [4.69, 9.17) is 0 Å². The Hall–Kier alpha value is -1.26. The van der Waals surface area contributed by atoms with Gasteiger partial charge in [0.1, 0.15) is 5.82 Å². The lowest BCUT2D eigenvalue weighted by molar-refractivity contribution is 0.703. The van der Waals surface area contributed by atoms with Crippen LogP contribution in [0.3, 0.4) is 0 Å². The van der Waals surface area contributed by atoms with Crippen molar-refractivity contribution in [2.24, 2.45) is 0 Å². The average molecular weight is 231 g/mol. The Morgan fingerprint density at radius 1 is 1.38 bits per heavy atom. The lowest BCUT2D eigenvalue weighted by Gasteiger charge is -2.07. The van der Waals surface area contributed by atoms with Gasteiger partial charge in [0.2, 0.25) is 0 Å². The van der Waals surface area contributed by atoms with Crippen LogP contribution in [0.25, 0.3) is 10.6 Å². The van der Waals surface area contributed by atoms with Crippen LogP contribution in [-0.2, 0) is 0 Å². The third kappa shape index (κ3) is 1.86. The molecule has 0 aromatic carbocycles. The summed E-state index contributed by atoms with van der Waals surface area (Å²) in [6.45, 7) is 2.09. The minimum atomic E-state index is 0.486. The molecule has 3 rings (SSSR count). The van der Waals surface area contributed by atoms with Crippen molar-refractivity contribution < 1.29 is 0 Å². The van der Waals surface area contributed by atoms with Crippen molar-refractivity contribution in [2.75, 3.05) is 13.1 Å². The van der Waals surface area contributed by atoms with Crippen LogP contribution in [0.2, 0.25) is 0 Å². The van der Waals surface area contributed by atoms with E-state index in [2.05, 4.69) is 32.8 Å². The zero-order valence-corrected chi connectivity index (χ0v) is 9.70. The highest BCUT2D eigenvalue weighted by Crippen LogP contribution is 2.25. The first-order valence-electron chi connectivity index (χ1n) is 5.51. The molecule has 0 radical (unpaired) electrons. The topological polar surface area (TPSA) is 37.8 Å². The van der Waals surface area contributed by atoms with Crippen LogP contribution in [0, 0.1) is 0 Å². The van der Waals surface area contributed by atoms with E-state index < -0.39 is 0 Å². The van der Waals surface area contributed by atoms with Crippen LogP contribution >= 0.6 is 11.3 Å². The molecule has 0 bridgehead atoms. The molecule has 1 aliphatic rings. The summed E-state index contributed by atoms with van der Waals surface area (Å²) in [6.07, 6.45) is 3.02. The Labute approximate surface area is 98.6 Å². The molecule has 82 valence electrons. The molecule has 4 heteroatoms. The minimum Gasteiger partial charge on any atom is -0.316 e. The van der Waals surface area contributed by atoms with Crippen molar-refractivity contribution in [3.63, 3.8) is 0 Å². The maximum atomic E-state index is 4.66. The number of thiophene rings is 1. The lowest BCUT2D eigenvalue weighted by Crippen LogP contribution is -2.10. The first kappa shape index (κ1) is 9.93. The summed E-state index contributed by atoms with van der Waals surface area (Å²) >= 11 is 1.72. The Morgan fingerprint density at radius 3 is 3.12 bits per heavy atom. The number of nitrogens with zero attached hydrogens (tertiary/aromatic N) is 2. The third-order valence-electron chi connectivity index (χ3n) is 2.87. The highest BCUT2D eigenvalue weighted by molar-refractivity contribution is 7.13. The Morgan fingerprint density at radius 2 is 2.38 bits per heavy atom. The predicted molar refractivity (Wildman–Crippen MR) is 65.6 cm³/mol. The van der Waals surface area contributed by atoms with Crippen molar-refractivity contribution in [2.45, 2.75) is 12.3 Å². The molecule has 1 fully saturated rings. The number of nitrogens with one attached hydrogen (secondary N) is 1. The van der Waals surface area contributed by atoms with Gasteiger partial charge in [-0.3, -0.25) is 0 Å². The number of aromatic nitrogens is 2. The largest absolute Gasteiger partial charge is 0.316 e. The van der Waals surface area contributed by atoms with Crippen LogP contribution < -0.4 is 5.32 Å². The first-order valence-corrected chi connectivity index (χ1v) is 6.39. The summed E-state index contributed by atoms with van der Waals surface area (Å²) < 4.78 is 0. The van der Waals surface area contributed by atoms with Gasteiger partial charge in [-0.15, -0.1) is 11.3 Å². The van der Waals surface area contributed by atoms with E-state index in [0.29, 0.717) is 5.92 Å². The molecule has 2 aromatic heterocycles. The van der Waals surface area contributed by atoms with Gasteiger partial charge < -0.3 is 5.32 Å². The lowest BCUT2D eigenvalue weighted by atomic mass is 10.1. The van der Waals surface area contributed by atoms with E-state index >= 15 is 0 Å². The summed E-state index contributed by atoms with van der Waals surface area (Å²) in [5.41, 5.74) is 1.05. The smallest absolute Gasteiger partial charge is 0.133 e. The average Bonchev–Trinajstić information content (AvgIpc) is 3.03. The SMILES string of the molecule is c1csc(-c2ccnc(C3CCNC3)n2)c1. The monoisotopic (exact) mass is 231 g/mol. The van der Waals surface area contributed by atoms with Gasteiger partial charge in [0, 0.05) is 18.7 Å². The molecule has 1 N–H and O–H groups in total.